The van der Waals surface area contributed by atoms with Crippen molar-refractivity contribution < 1.29 is 9.32 Å². The Hall–Kier alpha value is -2.17. The zero-order valence-electron chi connectivity index (χ0n) is 7.88. The largest absolute Gasteiger partial charge is 0.364 e. The van der Waals surface area contributed by atoms with Crippen molar-refractivity contribution in [3.8, 4) is 0 Å². The van der Waals surface area contributed by atoms with E-state index in [4.69, 9.17) is 0 Å². The molecule has 2 heterocycles. The number of carbonyl (C=O) groups excluding carboxylic acids is 1. The van der Waals surface area contributed by atoms with Gasteiger partial charge in [-0.25, -0.2) is 0 Å². The molecule has 0 bridgehead atoms. The molecule has 15 heavy (non-hydrogen) atoms. The molecule has 5 nitrogen and oxygen atoms in total. The maximum absolute atomic E-state index is 11.5. The van der Waals surface area contributed by atoms with E-state index in [-0.39, 0.29) is 5.91 Å². The molecule has 0 aromatic carbocycles. The van der Waals surface area contributed by atoms with E-state index in [1.165, 1.54) is 6.26 Å². The number of nitrogens with zero attached hydrogens (tertiary/aromatic N) is 2. The second-order valence-corrected chi connectivity index (χ2v) is 2.91. The second-order valence-electron chi connectivity index (χ2n) is 2.91. The predicted molar refractivity (Wildman–Crippen MR) is 51.9 cm³/mol. The number of rotatable bonds is 3. The Kier molecular flexibility index (Phi) is 2.73. The molecule has 0 fully saturated rings. The Morgan fingerprint density at radius 3 is 2.80 bits per heavy atom. The molecular weight excluding hydrogens is 194 g/mol. The highest BCUT2D eigenvalue weighted by molar-refractivity contribution is 5.93. The predicted octanol–water partition coefficient (Wildman–Crippen LogP) is 1.000. The second kappa shape index (κ2) is 4.36. The van der Waals surface area contributed by atoms with Crippen molar-refractivity contribution in [2.24, 2.45) is 0 Å². The van der Waals surface area contributed by atoms with Gasteiger partial charge >= 0.3 is 0 Å². The van der Waals surface area contributed by atoms with Crippen LogP contribution >= 0.6 is 0 Å². The van der Waals surface area contributed by atoms with Gasteiger partial charge in [0, 0.05) is 24.0 Å². The highest BCUT2D eigenvalue weighted by Gasteiger charge is 2.04. The molecule has 0 aliphatic carbocycles. The SMILES string of the molecule is O=C(NCc1ccon1)c1ccncc1. The Balaban J connectivity index is 1.94. The normalized spacial score (nSPS) is 9.87. The number of pyridine rings is 1. The summed E-state index contributed by atoms with van der Waals surface area (Å²) in [6.07, 6.45) is 4.62. The van der Waals surface area contributed by atoms with Crippen LogP contribution in [0, 0.1) is 0 Å². The van der Waals surface area contributed by atoms with E-state index in [1.54, 1.807) is 30.6 Å². The topological polar surface area (TPSA) is 68.0 Å². The molecule has 2 rings (SSSR count). The molecule has 0 aliphatic heterocycles. The van der Waals surface area contributed by atoms with Crippen molar-refractivity contribution >= 4 is 5.91 Å². The first-order chi connectivity index (χ1) is 7.36. The van der Waals surface area contributed by atoms with Gasteiger partial charge < -0.3 is 9.84 Å². The molecule has 1 N–H and O–H groups in total. The molecule has 0 atom stereocenters. The maximum Gasteiger partial charge on any atom is 0.251 e. The lowest BCUT2D eigenvalue weighted by Crippen LogP contribution is -2.22. The summed E-state index contributed by atoms with van der Waals surface area (Å²) < 4.78 is 4.64. The van der Waals surface area contributed by atoms with Gasteiger partial charge in [-0.2, -0.15) is 0 Å². The number of amides is 1. The summed E-state index contributed by atoms with van der Waals surface area (Å²) >= 11 is 0. The quantitative estimate of drug-likeness (QED) is 0.808. The van der Waals surface area contributed by atoms with Gasteiger partial charge in [-0.3, -0.25) is 9.78 Å². The molecule has 0 aliphatic rings. The Bertz CT molecular complexity index is 425. The lowest BCUT2D eigenvalue weighted by atomic mass is 10.2. The van der Waals surface area contributed by atoms with Gasteiger partial charge in [0.2, 0.25) is 0 Å². The average Bonchev–Trinajstić information content (AvgIpc) is 2.80. The first-order valence-corrected chi connectivity index (χ1v) is 4.44. The number of nitrogens with one attached hydrogen (secondary N) is 1. The van der Waals surface area contributed by atoms with Gasteiger partial charge in [-0.1, -0.05) is 5.16 Å². The molecule has 0 saturated carbocycles. The van der Waals surface area contributed by atoms with Crippen LogP contribution in [0.25, 0.3) is 0 Å². The van der Waals surface area contributed by atoms with Crippen LogP contribution in [0.5, 0.6) is 0 Å². The molecule has 2 aromatic heterocycles. The average molecular weight is 203 g/mol. The Morgan fingerprint density at radius 1 is 1.33 bits per heavy atom. The third-order valence-corrected chi connectivity index (χ3v) is 1.86. The van der Waals surface area contributed by atoms with Crippen molar-refractivity contribution in [3.05, 3.63) is 48.1 Å². The third kappa shape index (κ3) is 2.40. The fourth-order valence-electron chi connectivity index (χ4n) is 1.10. The van der Waals surface area contributed by atoms with Gasteiger partial charge in [-0.05, 0) is 12.1 Å². The van der Waals surface area contributed by atoms with E-state index < -0.39 is 0 Å². The minimum absolute atomic E-state index is 0.152. The fourth-order valence-corrected chi connectivity index (χ4v) is 1.10. The van der Waals surface area contributed by atoms with Crippen LogP contribution in [0.2, 0.25) is 0 Å². The van der Waals surface area contributed by atoms with Crippen LogP contribution < -0.4 is 5.32 Å². The monoisotopic (exact) mass is 203 g/mol. The molecule has 0 saturated heterocycles. The number of hydrogen-bond donors (Lipinski definition) is 1. The minimum atomic E-state index is -0.152. The molecule has 0 radical (unpaired) electrons. The zero-order chi connectivity index (χ0) is 10.5. The standard InChI is InChI=1S/C10H9N3O2/c14-10(8-1-4-11-5-2-8)12-7-9-3-6-15-13-9/h1-6H,7H2,(H,12,14). The van der Waals surface area contributed by atoms with Gasteiger partial charge in [0.1, 0.15) is 12.0 Å². The van der Waals surface area contributed by atoms with Crippen molar-refractivity contribution in [1.82, 2.24) is 15.5 Å². The number of carbonyl (C=O) groups is 1. The zero-order valence-corrected chi connectivity index (χ0v) is 7.88. The highest BCUT2D eigenvalue weighted by Crippen LogP contribution is 1.98. The van der Waals surface area contributed by atoms with Crippen molar-refractivity contribution in [3.63, 3.8) is 0 Å². The summed E-state index contributed by atoms with van der Waals surface area (Å²) in [6.45, 7) is 0.359. The minimum Gasteiger partial charge on any atom is -0.364 e. The van der Waals surface area contributed by atoms with Crippen molar-refractivity contribution in [2.45, 2.75) is 6.54 Å². The van der Waals surface area contributed by atoms with Crippen LogP contribution in [0.3, 0.4) is 0 Å². The first-order valence-electron chi connectivity index (χ1n) is 4.44. The fraction of sp³-hybridized carbons (Fsp3) is 0.100. The van der Waals surface area contributed by atoms with E-state index in [9.17, 15) is 4.79 Å². The molecule has 5 heteroatoms. The molecule has 2 aromatic rings. The summed E-state index contributed by atoms with van der Waals surface area (Å²) in [5.74, 6) is -0.152. The first kappa shape index (κ1) is 9.39. The smallest absolute Gasteiger partial charge is 0.251 e. The van der Waals surface area contributed by atoms with E-state index in [0.29, 0.717) is 17.8 Å². The van der Waals surface area contributed by atoms with Gasteiger partial charge in [-0.15, -0.1) is 0 Å². The van der Waals surface area contributed by atoms with Crippen LogP contribution in [0.4, 0.5) is 0 Å². The lowest BCUT2D eigenvalue weighted by molar-refractivity contribution is 0.0950. The van der Waals surface area contributed by atoms with Gasteiger partial charge in [0.25, 0.3) is 5.91 Å². The molecular formula is C10H9N3O2. The number of aromatic nitrogens is 2. The molecule has 1 amide bonds. The highest BCUT2D eigenvalue weighted by atomic mass is 16.5. The summed E-state index contributed by atoms with van der Waals surface area (Å²) in [5, 5.41) is 6.39. The van der Waals surface area contributed by atoms with Gasteiger partial charge in [0.15, 0.2) is 0 Å². The van der Waals surface area contributed by atoms with Crippen LogP contribution in [0.15, 0.2) is 41.4 Å². The Morgan fingerprint density at radius 2 is 2.13 bits per heavy atom. The van der Waals surface area contributed by atoms with E-state index in [0.717, 1.165) is 0 Å². The summed E-state index contributed by atoms with van der Waals surface area (Å²) in [6, 6.07) is 5.00. The van der Waals surface area contributed by atoms with Gasteiger partial charge in [0.05, 0.1) is 6.54 Å². The van der Waals surface area contributed by atoms with Crippen LogP contribution in [-0.2, 0) is 6.54 Å². The van der Waals surface area contributed by atoms with E-state index >= 15 is 0 Å². The van der Waals surface area contributed by atoms with E-state index in [1.807, 2.05) is 0 Å². The maximum atomic E-state index is 11.5. The molecule has 0 unspecified atom stereocenters. The van der Waals surface area contributed by atoms with E-state index in [2.05, 4.69) is 20.0 Å². The number of hydrogen-bond acceptors (Lipinski definition) is 4. The van der Waals surface area contributed by atoms with Crippen molar-refractivity contribution in [1.29, 1.82) is 0 Å². The lowest BCUT2D eigenvalue weighted by Gasteiger charge is -2.01. The summed E-state index contributed by atoms with van der Waals surface area (Å²) in [7, 11) is 0. The Labute approximate surface area is 86.1 Å². The summed E-state index contributed by atoms with van der Waals surface area (Å²) in [5.41, 5.74) is 1.27. The van der Waals surface area contributed by atoms with Crippen molar-refractivity contribution in [2.75, 3.05) is 0 Å². The summed E-state index contributed by atoms with van der Waals surface area (Å²) in [4.78, 5) is 15.4. The molecule has 0 spiro atoms. The third-order valence-electron chi connectivity index (χ3n) is 1.86. The van der Waals surface area contributed by atoms with Crippen LogP contribution in [0.1, 0.15) is 16.1 Å². The molecule has 76 valence electrons. The van der Waals surface area contributed by atoms with Crippen LogP contribution in [-0.4, -0.2) is 16.0 Å².